The second-order valence-corrected chi connectivity index (χ2v) is 8.28. The standard InChI is InChI=1S/C25H34N2O3S/c1-4-5-6-9-17-30-23-11-8-7-10-22(23)24(28)27-25(31)26-20-12-14-21(15-13-20)29-18-16-19(2)3/h7-8,10-15,19H,4-6,9,16-18H2,1-3H3,(H2,26,27,28,31). The molecule has 0 spiro atoms. The summed E-state index contributed by atoms with van der Waals surface area (Å²) in [5.41, 5.74) is 1.25. The number of anilines is 1. The lowest BCUT2D eigenvalue weighted by atomic mass is 10.1. The van der Waals surface area contributed by atoms with Crippen molar-refractivity contribution in [3.8, 4) is 11.5 Å². The largest absolute Gasteiger partial charge is 0.494 e. The molecule has 2 rings (SSSR count). The van der Waals surface area contributed by atoms with Crippen LogP contribution in [0.2, 0.25) is 0 Å². The lowest BCUT2D eigenvalue weighted by molar-refractivity contribution is 0.0973. The van der Waals surface area contributed by atoms with Crippen molar-refractivity contribution in [1.29, 1.82) is 0 Å². The van der Waals surface area contributed by atoms with Crippen LogP contribution in [0.1, 0.15) is 63.2 Å². The molecule has 0 aliphatic heterocycles. The second-order valence-electron chi connectivity index (χ2n) is 7.87. The van der Waals surface area contributed by atoms with Crippen LogP contribution in [0.25, 0.3) is 0 Å². The summed E-state index contributed by atoms with van der Waals surface area (Å²) in [6, 6.07) is 14.7. The van der Waals surface area contributed by atoms with Crippen LogP contribution in [0.3, 0.4) is 0 Å². The number of carbonyl (C=O) groups is 1. The first-order chi connectivity index (χ1) is 15.0. The predicted molar refractivity (Wildman–Crippen MR) is 131 cm³/mol. The average molecular weight is 443 g/mol. The van der Waals surface area contributed by atoms with Gasteiger partial charge in [0.15, 0.2) is 5.11 Å². The molecule has 0 aliphatic carbocycles. The molecule has 0 aliphatic rings. The van der Waals surface area contributed by atoms with E-state index in [0.29, 0.717) is 30.4 Å². The molecule has 6 heteroatoms. The number of nitrogens with one attached hydrogen (secondary N) is 2. The summed E-state index contributed by atoms with van der Waals surface area (Å²) in [4.78, 5) is 12.7. The molecule has 0 saturated heterocycles. The lowest BCUT2D eigenvalue weighted by Gasteiger charge is -2.13. The fourth-order valence-electron chi connectivity index (χ4n) is 2.87. The number of amides is 1. The third-order valence-electron chi connectivity index (χ3n) is 4.69. The SMILES string of the molecule is CCCCCCOc1ccccc1C(=O)NC(=S)Nc1ccc(OCCC(C)C)cc1. The number of hydrogen-bond donors (Lipinski definition) is 2. The summed E-state index contributed by atoms with van der Waals surface area (Å²) in [6.45, 7) is 7.80. The fraction of sp³-hybridized carbons (Fsp3) is 0.440. The summed E-state index contributed by atoms with van der Waals surface area (Å²) in [5.74, 6) is 1.70. The molecule has 0 heterocycles. The van der Waals surface area contributed by atoms with Crippen molar-refractivity contribution in [3.63, 3.8) is 0 Å². The van der Waals surface area contributed by atoms with Crippen LogP contribution in [0.15, 0.2) is 48.5 Å². The van der Waals surface area contributed by atoms with E-state index in [1.807, 2.05) is 42.5 Å². The van der Waals surface area contributed by atoms with Crippen molar-refractivity contribution in [2.24, 2.45) is 5.92 Å². The molecule has 0 radical (unpaired) electrons. The first-order valence-electron chi connectivity index (χ1n) is 11.1. The summed E-state index contributed by atoms with van der Waals surface area (Å²) >= 11 is 5.31. The Labute approximate surface area is 191 Å². The minimum absolute atomic E-state index is 0.233. The van der Waals surface area contributed by atoms with Crippen LogP contribution in [0, 0.1) is 5.92 Å². The number of carbonyl (C=O) groups excluding carboxylic acids is 1. The molecule has 1 amide bonds. The van der Waals surface area contributed by atoms with Crippen molar-refractivity contribution in [2.75, 3.05) is 18.5 Å². The zero-order valence-corrected chi connectivity index (χ0v) is 19.6. The van der Waals surface area contributed by atoms with Gasteiger partial charge in [-0.3, -0.25) is 10.1 Å². The minimum atomic E-state index is -0.296. The molecule has 2 aromatic carbocycles. The molecule has 31 heavy (non-hydrogen) atoms. The van der Waals surface area contributed by atoms with Gasteiger partial charge in [0.05, 0.1) is 18.8 Å². The van der Waals surface area contributed by atoms with Crippen LogP contribution in [0.4, 0.5) is 5.69 Å². The van der Waals surface area contributed by atoms with Crippen molar-refractivity contribution in [3.05, 3.63) is 54.1 Å². The van der Waals surface area contributed by atoms with Gasteiger partial charge < -0.3 is 14.8 Å². The smallest absolute Gasteiger partial charge is 0.261 e. The molecule has 0 fully saturated rings. The number of hydrogen-bond acceptors (Lipinski definition) is 4. The van der Waals surface area contributed by atoms with Crippen LogP contribution >= 0.6 is 12.2 Å². The van der Waals surface area contributed by atoms with Gasteiger partial charge >= 0.3 is 0 Å². The van der Waals surface area contributed by atoms with E-state index in [2.05, 4.69) is 31.4 Å². The first-order valence-corrected chi connectivity index (χ1v) is 11.5. The van der Waals surface area contributed by atoms with Gasteiger partial charge in [0.2, 0.25) is 0 Å². The van der Waals surface area contributed by atoms with Gasteiger partial charge in [-0.2, -0.15) is 0 Å². The summed E-state index contributed by atoms with van der Waals surface area (Å²) in [6.07, 6.45) is 5.48. The zero-order valence-electron chi connectivity index (χ0n) is 18.8. The summed E-state index contributed by atoms with van der Waals surface area (Å²) in [5, 5.41) is 5.99. The van der Waals surface area contributed by atoms with E-state index in [9.17, 15) is 4.79 Å². The van der Waals surface area contributed by atoms with Crippen LogP contribution in [-0.4, -0.2) is 24.2 Å². The van der Waals surface area contributed by atoms with Gasteiger partial charge in [0.1, 0.15) is 11.5 Å². The van der Waals surface area contributed by atoms with Gasteiger partial charge in [-0.1, -0.05) is 52.2 Å². The number of unbranched alkanes of at least 4 members (excludes halogenated alkanes) is 3. The van der Waals surface area contributed by atoms with Crippen molar-refractivity contribution >= 4 is 28.9 Å². The number of thiocarbonyl (C=S) groups is 1. The third-order valence-corrected chi connectivity index (χ3v) is 4.89. The molecule has 5 nitrogen and oxygen atoms in total. The Morgan fingerprint density at radius 1 is 0.968 bits per heavy atom. The Morgan fingerprint density at radius 2 is 1.71 bits per heavy atom. The van der Waals surface area contributed by atoms with Gasteiger partial charge in [-0.15, -0.1) is 0 Å². The van der Waals surface area contributed by atoms with Crippen molar-refractivity contribution < 1.29 is 14.3 Å². The lowest BCUT2D eigenvalue weighted by Crippen LogP contribution is -2.34. The van der Waals surface area contributed by atoms with Crippen molar-refractivity contribution in [2.45, 2.75) is 52.9 Å². The number of rotatable bonds is 12. The van der Waals surface area contributed by atoms with Gasteiger partial charge in [-0.25, -0.2) is 0 Å². The van der Waals surface area contributed by atoms with Crippen LogP contribution in [-0.2, 0) is 0 Å². The molecule has 0 unspecified atom stereocenters. The minimum Gasteiger partial charge on any atom is -0.494 e. The van der Waals surface area contributed by atoms with E-state index in [1.54, 1.807) is 6.07 Å². The molecule has 0 saturated carbocycles. The molecule has 2 N–H and O–H groups in total. The molecule has 0 bridgehead atoms. The maximum Gasteiger partial charge on any atom is 0.261 e. The average Bonchev–Trinajstić information content (AvgIpc) is 2.75. The maximum absolute atomic E-state index is 12.7. The Kier molecular flexibility index (Phi) is 10.9. The van der Waals surface area contributed by atoms with E-state index in [0.717, 1.165) is 30.7 Å². The second kappa shape index (κ2) is 13.7. The molecule has 0 aromatic heterocycles. The van der Waals surface area contributed by atoms with Crippen LogP contribution in [0.5, 0.6) is 11.5 Å². The van der Waals surface area contributed by atoms with Crippen LogP contribution < -0.4 is 20.1 Å². The van der Waals surface area contributed by atoms with E-state index in [-0.39, 0.29) is 11.0 Å². The quantitative estimate of drug-likeness (QED) is 0.303. The Bertz CT molecular complexity index is 822. The molecule has 2 aromatic rings. The van der Waals surface area contributed by atoms with Gasteiger partial charge in [0, 0.05) is 5.69 Å². The van der Waals surface area contributed by atoms with E-state index in [4.69, 9.17) is 21.7 Å². The normalized spacial score (nSPS) is 10.6. The number of para-hydroxylation sites is 1. The molecule has 0 atom stereocenters. The maximum atomic E-state index is 12.7. The monoisotopic (exact) mass is 442 g/mol. The van der Waals surface area contributed by atoms with E-state index in [1.165, 1.54) is 12.8 Å². The molecule has 168 valence electrons. The summed E-state index contributed by atoms with van der Waals surface area (Å²) < 4.78 is 11.5. The highest BCUT2D eigenvalue weighted by Crippen LogP contribution is 2.19. The highest BCUT2D eigenvalue weighted by molar-refractivity contribution is 7.80. The first kappa shape index (κ1) is 24.7. The van der Waals surface area contributed by atoms with Crippen molar-refractivity contribution in [1.82, 2.24) is 5.32 Å². The zero-order chi connectivity index (χ0) is 22.5. The van der Waals surface area contributed by atoms with Gasteiger partial charge in [0.25, 0.3) is 5.91 Å². The molecular weight excluding hydrogens is 408 g/mol. The fourth-order valence-corrected chi connectivity index (χ4v) is 3.08. The highest BCUT2D eigenvalue weighted by atomic mass is 32.1. The van der Waals surface area contributed by atoms with Gasteiger partial charge in [-0.05, 0) is 67.4 Å². The Morgan fingerprint density at radius 3 is 2.42 bits per heavy atom. The Balaban J connectivity index is 1.85. The summed E-state index contributed by atoms with van der Waals surface area (Å²) in [7, 11) is 0. The number of ether oxygens (including phenoxy) is 2. The van der Waals surface area contributed by atoms with E-state index >= 15 is 0 Å². The molecular formula is C25H34N2O3S. The number of benzene rings is 2. The predicted octanol–water partition coefficient (Wildman–Crippen LogP) is 6.20. The highest BCUT2D eigenvalue weighted by Gasteiger charge is 2.13. The Hall–Kier alpha value is -2.60. The van der Waals surface area contributed by atoms with E-state index < -0.39 is 0 Å². The topological polar surface area (TPSA) is 59.6 Å². The third kappa shape index (κ3) is 9.39.